The summed E-state index contributed by atoms with van der Waals surface area (Å²) in [4.78, 5) is 0. The van der Waals surface area contributed by atoms with Gasteiger partial charge in [0.2, 0.25) is 0 Å². The first-order valence-electron chi connectivity index (χ1n) is 7.96. The molecule has 0 atom stereocenters. The summed E-state index contributed by atoms with van der Waals surface area (Å²) in [5, 5.41) is 12.4. The van der Waals surface area contributed by atoms with Crippen LogP contribution < -0.4 is 0 Å². The maximum atomic E-state index is 4.30. The monoisotopic (exact) mass is 310 g/mol. The molecule has 0 N–H and O–H groups in total. The first kappa shape index (κ1) is 13.2. The Bertz CT molecular complexity index is 1030. The van der Waals surface area contributed by atoms with Gasteiger partial charge < -0.3 is 0 Å². The highest BCUT2D eigenvalue weighted by Gasteiger charge is 2.23. The third-order valence-corrected chi connectivity index (χ3v) is 4.56. The number of tetrazole rings is 1. The molecule has 3 aromatic carbocycles. The van der Waals surface area contributed by atoms with Crippen LogP contribution in [0.2, 0.25) is 0 Å². The predicted molar refractivity (Wildman–Crippen MR) is 92.8 cm³/mol. The maximum Gasteiger partial charge on any atom is 0.187 e. The molecule has 4 aromatic rings. The SMILES string of the molecule is c1ccc(-n2nnnc2-c2cccc3c2Cc2ccccc2-3)cc1. The molecule has 1 aromatic heterocycles. The molecule has 0 amide bonds. The molecule has 4 heteroatoms. The van der Waals surface area contributed by atoms with Crippen LogP contribution in [-0.2, 0) is 6.42 Å². The van der Waals surface area contributed by atoms with Gasteiger partial charge in [0.05, 0.1) is 5.69 Å². The second kappa shape index (κ2) is 5.13. The summed E-state index contributed by atoms with van der Waals surface area (Å²) < 4.78 is 1.80. The molecule has 0 spiro atoms. The number of hydrogen-bond donors (Lipinski definition) is 0. The van der Waals surface area contributed by atoms with Crippen LogP contribution in [0.5, 0.6) is 0 Å². The Balaban J connectivity index is 1.70. The number of rotatable bonds is 2. The van der Waals surface area contributed by atoms with Crippen molar-refractivity contribution in [3.05, 3.63) is 83.9 Å². The van der Waals surface area contributed by atoms with Crippen LogP contribution >= 0.6 is 0 Å². The van der Waals surface area contributed by atoms with E-state index in [-0.39, 0.29) is 0 Å². The first-order chi connectivity index (χ1) is 11.9. The smallest absolute Gasteiger partial charge is 0.187 e. The Labute approximate surface area is 139 Å². The summed E-state index contributed by atoms with van der Waals surface area (Å²) in [6.45, 7) is 0. The van der Waals surface area contributed by atoms with Crippen molar-refractivity contribution in [2.75, 3.05) is 0 Å². The summed E-state index contributed by atoms with van der Waals surface area (Å²) in [7, 11) is 0. The van der Waals surface area contributed by atoms with Crippen LogP contribution in [0.4, 0.5) is 0 Å². The fourth-order valence-electron chi connectivity index (χ4n) is 3.46. The maximum absolute atomic E-state index is 4.30. The van der Waals surface area contributed by atoms with E-state index in [0.717, 1.165) is 23.5 Å². The third kappa shape index (κ3) is 1.90. The van der Waals surface area contributed by atoms with Crippen molar-refractivity contribution in [2.24, 2.45) is 0 Å². The Kier molecular flexibility index (Phi) is 2.82. The minimum Gasteiger partial charge on any atom is -0.193 e. The summed E-state index contributed by atoms with van der Waals surface area (Å²) in [5.41, 5.74) is 7.31. The van der Waals surface area contributed by atoms with Gasteiger partial charge in [-0.1, -0.05) is 60.7 Å². The topological polar surface area (TPSA) is 43.6 Å². The summed E-state index contributed by atoms with van der Waals surface area (Å²) in [5.74, 6) is 0.783. The second-order valence-electron chi connectivity index (χ2n) is 5.92. The van der Waals surface area contributed by atoms with Gasteiger partial charge in [-0.3, -0.25) is 0 Å². The molecule has 5 rings (SSSR count). The highest BCUT2D eigenvalue weighted by Crippen LogP contribution is 2.41. The van der Waals surface area contributed by atoms with E-state index in [1.165, 1.54) is 22.3 Å². The molecule has 0 radical (unpaired) electrons. The zero-order chi connectivity index (χ0) is 15.9. The van der Waals surface area contributed by atoms with Crippen LogP contribution in [0, 0.1) is 0 Å². The van der Waals surface area contributed by atoms with E-state index in [2.05, 4.69) is 58.0 Å². The molecule has 0 bridgehead atoms. The number of benzene rings is 3. The Morgan fingerprint density at radius 2 is 1.46 bits per heavy atom. The predicted octanol–water partition coefficient (Wildman–Crippen LogP) is 3.90. The second-order valence-corrected chi connectivity index (χ2v) is 5.92. The number of para-hydroxylation sites is 1. The molecule has 24 heavy (non-hydrogen) atoms. The molecule has 114 valence electrons. The lowest BCUT2D eigenvalue weighted by Gasteiger charge is -2.09. The van der Waals surface area contributed by atoms with Crippen molar-refractivity contribution in [3.63, 3.8) is 0 Å². The van der Waals surface area contributed by atoms with E-state index in [1.807, 2.05) is 30.3 Å². The van der Waals surface area contributed by atoms with E-state index in [9.17, 15) is 0 Å². The van der Waals surface area contributed by atoms with Crippen molar-refractivity contribution in [1.29, 1.82) is 0 Å². The normalized spacial score (nSPS) is 12.0. The average Bonchev–Trinajstić information content (AvgIpc) is 3.27. The standard InChI is InChI=1S/C20H14N4/c1-2-8-15(9-3-1)24-20(21-22-23-24)18-12-6-11-17-16-10-5-4-7-14(16)13-19(17)18/h1-12H,13H2. The molecule has 0 unspecified atom stereocenters. The van der Waals surface area contributed by atoms with Crippen molar-refractivity contribution >= 4 is 0 Å². The molecule has 0 saturated heterocycles. The lowest BCUT2D eigenvalue weighted by Crippen LogP contribution is -2.01. The van der Waals surface area contributed by atoms with Gasteiger partial charge in [-0.15, -0.1) is 5.10 Å². The molecular formula is C20H14N4. The minimum absolute atomic E-state index is 0.783. The zero-order valence-corrected chi connectivity index (χ0v) is 12.9. The number of nitrogens with zero attached hydrogens (tertiary/aromatic N) is 4. The van der Waals surface area contributed by atoms with Gasteiger partial charge in [-0.05, 0) is 51.2 Å². The lowest BCUT2D eigenvalue weighted by atomic mass is 10.0. The first-order valence-corrected chi connectivity index (χ1v) is 7.96. The molecule has 0 saturated carbocycles. The molecule has 0 aliphatic heterocycles. The number of fused-ring (bicyclic) bond motifs is 3. The highest BCUT2D eigenvalue weighted by atomic mass is 15.5. The fourth-order valence-corrected chi connectivity index (χ4v) is 3.46. The van der Waals surface area contributed by atoms with Crippen molar-refractivity contribution in [1.82, 2.24) is 20.2 Å². The van der Waals surface area contributed by atoms with E-state index < -0.39 is 0 Å². The van der Waals surface area contributed by atoms with Gasteiger partial charge in [-0.2, -0.15) is 4.68 Å². The molecule has 4 nitrogen and oxygen atoms in total. The Hall–Kier alpha value is -3.27. The van der Waals surface area contributed by atoms with Gasteiger partial charge in [0.15, 0.2) is 5.82 Å². The summed E-state index contributed by atoms with van der Waals surface area (Å²) in [6, 6.07) is 24.9. The summed E-state index contributed by atoms with van der Waals surface area (Å²) in [6.07, 6.45) is 0.920. The molecule has 1 aliphatic carbocycles. The molecular weight excluding hydrogens is 296 g/mol. The zero-order valence-electron chi connectivity index (χ0n) is 12.9. The number of aromatic nitrogens is 4. The Morgan fingerprint density at radius 1 is 0.708 bits per heavy atom. The van der Waals surface area contributed by atoms with Crippen molar-refractivity contribution in [3.8, 4) is 28.2 Å². The number of hydrogen-bond acceptors (Lipinski definition) is 3. The summed E-state index contributed by atoms with van der Waals surface area (Å²) >= 11 is 0. The van der Waals surface area contributed by atoms with Crippen LogP contribution in [0.3, 0.4) is 0 Å². The highest BCUT2D eigenvalue weighted by molar-refractivity contribution is 5.83. The quantitative estimate of drug-likeness (QED) is 0.496. The van der Waals surface area contributed by atoms with Crippen molar-refractivity contribution in [2.45, 2.75) is 6.42 Å². The average molecular weight is 310 g/mol. The fraction of sp³-hybridized carbons (Fsp3) is 0.0500. The molecule has 0 fully saturated rings. The lowest BCUT2D eigenvalue weighted by molar-refractivity contribution is 0.791. The van der Waals surface area contributed by atoms with E-state index >= 15 is 0 Å². The van der Waals surface area contributed by atoms with E-state index in [0.29, 0.717) is 0 Å². The van der Waals surface area contributed by atoms with Crippen molar-refractivity contribution < 1.29 is 0 Å². The van der Waals surface area contributed by atoms with Crippen LogP contribution in [0.1, 0.15) is 11.1 Å². The Morgan fingerprint density at radius 3 is 2.38 bits per heavy atom. The van der Waals surface area contributed by atoms with Crippen LogP contribution in [0.15, 0.2) is 72.8 Å². The molecule has 1 heterocycles. The van der Waals surface area contributed by atoms with E-state index in [1.54, 1.807) is 4.68 Å². The van der Waals surface area contributed by atoms with Gasteiger partial charge in [-0.25, -0.2) is 0 Å². The minimum atomic E-state index is 0.783. The van der Waals surface area contributed by atoms with Gasteiger partial charge in [0.25, 0.3) is 0 Å². The van der Waals surface area contributed by atoms with Gasteiger partial charge >= 0.3 is 0 Å². The van der Waals surface area contributed by atoms with Gasteiger partial charge in [0, 0.05) is 5.56 Å². The van der Waals surface area contributed by atoms with Gasteiger partial charge in [0.1, 0.15) is 0 Å². The largest absolute Gasteiger partial charge is 0.193 e. The molecule has 1 aliphatic rings. The van der Waals surface area contributed by atoms with Crippen LogP contribution in [-0.4, -0.2) is 20.2 Å². The van der Waals surface area contributed by atoms with Crippen LogP contribution in [0.25, 0.3) is 28.2 Å². The third-order valence-electron chi connectivity index (χ3n) is 4.56. The van der Waals surface area contributed by atoms with E-state index in [4.69, 9.17) is 0 Å².